The molecule has 0 saturated heterocycles. The molecule has 0 bridgehead atoms. The van der Waals surface area contributed by atoms with E-state index in [0.29, 0.717) is 0 Å². The van der Waals surface area contributed by atoms with Crippen LogP contribution in [0.2, 0.25) is 0 Å². The third-order valence-corrected chi connectivity index (χ3v) is 6.98. The number of hydrogen-bond acceptors (Lipinski definition) is 2. The van der Waals surface area contributed by atoms with Gasteiger partial charge in [-0.2, -0.15) is 0 Å². The van der Waals surface area contributed by atoms with Gasteiger partial charge in [-0.15, -0.1) is 0 Å². The lowest BCUT2D eigenvalue weighted by molar-refractivity contribution is 0.598. The lowest BCUT2D eigenvalue weighted by atomic mass is 10.1. The number of imidazole rings is 1. The minimum Gasteiger partial charge on any atom is -0.292 e. The van der Waals surface area contributed by atoms with Crippen LogP contribution < -0.4 is 10.6 Å². The fourth-order valence-corrected chi connectivity index (χ4v) is 5.33. The van der Waals surface area contributed by atoms with Crippen LogP contribution in [-0.2, 0) is 4.57 Å². The van der Waals surface area contributed by atoms with E-state index < -0.39 is 7.80 Å². The van der Waals surface area contributed by atoms with Gasteiger partial charge in [0.15, 0.2) is 10.6 Å². The van der Waals surface area contributed by atoms with Gasteiger partial charge < -0.3 is 0 Å². The highest BCUT2D eigenvalue weighted by atomic mass is 31.1. The van der Waals surface area contributed by atoms with Gasteiger partial charge in [-0.25, -0.2) is 4.98 Å². The molecule has 0 aliphatic rings. The summed E-state index contributed by atoms with van der Waals surface area (Å²) in [6.07, 6.45) is 0. The van der Waals surface area contributed by atoms with E-state index in [4.69, 9.17) is 4.98 Å². The third kappa shape index (κ3) is 2.41. The predicted octanol–water partition coefficient (Wildman–Crippen LogP) is 5.57. The Kier molecular flexibility index (Phi) is 3.53. The van der Waals surface area contributed by atoms with Gasteiger partial charge in [-0.3, -0.25) is 4.40 Å². The van der Waals surface area contributed by atoms with Crippen LogP contribution in [0.25, 0.3) is 38.4 Å². The molecule has 0 saturated carbocycles. The Balaban J connectivity index is 1.74. The molecule has 29 heavy (non-hydrogen) atoms. The molecular formula is C25H16N2OP+. The Hall–Kier alpha value is -3.55. The molecule has 0 N–H and O–H groups in total. The van der Waals surface area contributed by atoms with Crippen molar-refractivity contribution in [1.82, 2.24) is 9.38 Å². The molecule has 1 unspecified atom stereocenters. The highest BCUT2D eigenvalue weighted by molar-refractivity contribution is 7.61. The zero-order chi connectivity index (χ0) is 19.4. The summed E-state index contributed by atoms with van der Waals surface area (Å²) >= 11 is 0. The number of rotatable bonds is 2. The third-order valence-electron chi connectivity index (χ3n) is 5.47. The summed E-state index contributed by atoms with van der Waals surface area (Å²) in [7, 11) is -1.64. The maximum Gasteiger partial charge on any atom is 0.415 e. The minimum absolute atomic E-state index is 0.840. The first-order valence-corrected chi connectivity index (χ1v) is 10.8. The highest BCUT2D eigenvalue weighted by Gasteiger charge is 2.24. The van der Waals surface area contributed by atoms with Crippen molar-refractivity contribution in [1.29, 1.82) is 0 Å². The topological polar surface area (TPSA) is 34.4 Å². The van der Waals surface area contributed by atoms with Crippen molar-refractivity contribution in [3.05, 3.63) is 97.1 Å². The molecule has 2 heterocycles. The fraction of sp³-hybridized carbons (Fsp3) is 0. The smallest absolute Gasteiger partial charge is 0.292 e. The summed E-state index contributed by atoms with van der Waals surface area (Å²) in [6, 6.07) is 32.3. The van der Waals surface area contributed by atoms with Gasteiger partial charge in [-0.05, 0) is 41.8 Å². The van der Waals surface area contributed by atoms with E-state index in [2.05, 4.69) is 34.7 Å². The molecule has 0 aliphatic heterocycles. The maximum atomic E-state index is 13.2. The summed E-state index contributed by atoms with van der Waals surface area (Å²) in [5.74, 6) is 0. The fourth-order valence-electron chi connectivity index (χ4n) is 4.14. The molecule has 6 rings (SSSR count). The lowest BCUT2D eigenvalue weighted by Gasteiger charge is -2.08. The number of nitrogens with zero attached hydrogens (tertiary/aromatic N) is 2. The molecule has 1 atom stereocenters. The van der Waals surface area contributed by atoms with E-state index in [1.54, 1.807) is 0 Å². The van der Waals surface area contributed by atoms with Crippen molar-refractivity contribution in [2.24, 2.45) is 0 Å². The van der Waals surface area contributed by atoms with E-state index in [1.165, 1.54) is 0 Å². The van der Waals surface area contributed by atoms with Crippen molar-refractivity contribution in [3.8, 4) is 0 Å². The summed E-state index contributed by atoms with van der Waals surface area (Å²) in [4.78, 5) is 4.90. The second kappa shape index (κ2) is 6.23. The quantitative estimate of drug-likeness (QED) is 0.286. The number of fused-ring (bicyclic) bond motifs is 8. The van der Waals surface area contributed by atoms with Crippen LogP contribution in [0.4, 0.5) is 0 Å². The molecule has 6 aromatic rings. The molecule has 0 amide bonds. The maximum absolute atomic E-state index is 13.2. The minimum atomic E-state index is -1.64. The number of benzene rings is 4. The lowest BCUT2D eigenvalue weighted by Crippen LogP contribution is -2.06. The molecule has 2 aromatic heterocycles. The van der Waals surface area contributed by atoms with E-state index in [-0.39, 0.29) is 0 Å². The van der Waals surface area contributed by atoms with Gasteiger partial charge in [0.1, 0.15) is 5.65 Å². The number of aromatic nitrogens is 2. The second-order valence-electron chi connectivity index (χ2n) is 7.14. The van der Waals surface area contributed by atoms with Crippen molar-refractivity contribution in [3.63, 3.8) is 0 Å². The van der Waals surface area contributed by atoms with Crippen molar-refractivity contribution >= 4 is 56.8 Å². The molecule has 0 spiro atoms. The molecule has 4 aromatic carbocycles. The van der Waals surface area contributed by atoms with Crippen LogP contribution in [0.1, 0.15) is 0 Å². The molecule has 0 radical (unpaired) electrons. The normalized spacial score (nSPS) is 12.2. The average Bonchev–Trinajstić information content (AvgIpc) is 3.19. The highest BCUT2D eigenvalue weighted by Crippen LogP contribution is 2.33. The molecule has 0 fully saturated rings. The average molecular weight is 391 g/mol. The van der Waals surface area contributed by atoms with Crippen LogP contribution in [0.5, 0.6) is 0 Å². The van der Waals surface area contributed by atoms with Gasteiger partial charge in [-0.1, -0.05) is 59.2 Å². The zero-order valence-corrected chi connectivity index (χ0v) is 16.4. The van der Waals surface area contributed by atoms with E-state index >= 15 is 0 Å². The van der Waals surface area contributed by atoms with Crippen molar-refractivity contribution in [2.75, 3.05) is 0 Å². The monoisotopic (exact) mass is 391 g/mol. The molecule has 136 valence electrons. The number of hydrogen-bond donors (Lipinski definition) is 0. The number of pyridine rings is 1. The summed E-state index contributed by atoms with van der Waals surface area (Å²) < 4.78 is 15.4. The van der Waals surface area contributed by atoms with Gasteiger partial charge >= 0.3 is 7.80 Å². The van der Waals surface area contributed by atoms with E-state index in [9.17, 15) is 4.57 Å². The first-order valence-electron chi connectivity index (χ1n) is 9.55. The first kappa shape index (κ1) is 16.4. The SMILES string of the molecule is O=[P+](c1ccccc1)c1ccc2c(c1)c1ccccc1c1nc3ccccc3n21. The van der Waals surface area contributed by atoms with E-state index in [0.717, 1.165) is 49.0 Å². The van der Waals surface area contributed by atoms with Gasteiger partial charge in [0.2, 0.25) is 0 Å². The van der Waals surface area contributed by atoms with Gasteiger partial charge in [0.25, 0.3) is 0 Å². The van der Waals surface area contributed by atoms with Gasteiger partial charge in [0, 0.05) is 16.8 Å². The second-order valence-corrected chi connectivity index (χ2v) is 8.76. The van der Waals surface area contributed by atoms with Crippen LogP contribution in [0.15, 0.2) is 97.1 Å². The molecule has 0 aliphatic carbocycles. The van der Waals surface area contributed by atoms with Crippen molar-refractivity contribution in [2.45, 2.75) is 0 Å². The Morgan fingerprint density at radius 2 is 1.34 bits per heavy atom. The Morgan fingerprint density at radius 3 is 2.21 bits per heavy atom. The van der Waals surface area contributed by atoms with Crippen LogP contribution in [0, 0.1) is 0 Å². The molecule has 4 heteroatoms. The molecule has 3 nitrogen and oxygen atoms in total. The zero-order valence-electron chi connectivity index (χ0n) is 15.5. The molecular weight excluding hydrogens is 375 g/mol. The predicted molar refractivity (Wildman–Crippen MR) is 121 cm³/mol. The van der Waals surface area contributed by atoms with Crippen LogP contribution in [-0.4, -0.2) is 9.38 Å². The summed E-state index contributed by atoms with van der Waals surface area (Å²) in [6.45, 7) is 0. The van der Waals surface area contributed by atoms with Crippen LogP contribution >= 0.6 is 7.80 Å². The summed E-state index contributed by atoms with van der Waals surface area (Å²) in [5, 5.41) is 5.01. The largest absolute Gasteiger partial charge is 0.415 e. The van der Waals surface area contributed by atoms with Gasteiger partial charge in [0.05, 0.1) is 16.6 Å². The van der Waals surface area contributed by atoms with Crippen LogP contribution in [0.3, 0.4) is 0 Å². The Labute approximate surface area is 168 Å². The Morgan fingerprint density at radius 1 is 0.621 bits per heavy atom. The van der Waals surface area contributed by atoms with Crippen molar-refractivity contribution < 1.29 is 4.57 Å². The number of para-hydroxylation sites is 2. The van der Waals surface area contributed by atoms with E-state index in [1.807, 2.05) is 66.7 Å². The Bertz CT molecular complexity index is 1570. The summed E-state index contributed by atoms with van der Waals surface area (Å²) in [5.41, 5.74) is 4.09. The standard InChI is InChI=1S/C25H16N2OP/c28-29(17-8-2-1-3-9-17)18-14-15-23-21(16-18)19-10-4-5-11-20(19)25-26-22-12-6-7-13-24(22)27(23)25/h1-16H/q+1. The first-order chi connectivity index (χ1) is 14.3.